The molecule has 0 unspecified atom stereocenters. The van der Waals surface area contributed by atoms with Crippen LogP contribution in [0.4, 0.5) is 0 Å². The molecule has 2 heterocycles. The molecule has 8 heteroatoms. The lowest BCUT2D eigenvalue weighted by molar-refractivity contribution is 0.155. The maximum atomic E-state index is 5.14. The lowest BCUT2D eigenvalue weighted by atomic mass is 10.1. The standard InChI is InChI=1S/C19H36N6O.HI/c1-16(2)15-25-12-8-21-18(25)14-22-19(20-3)23-17-6-10-24(11-7-17)9-5-13-26-4;/h8,12,16-17H,5-7,9-11,13-15H2,1-4H3,(H2,20,22,23);1H. The van der Waals surface area contributed by atoms with Crippen molar-refractivity contribution in [2.24, 2.45) is 10.9 Å². The van der Waals surface area contributed by atoms with E-state index in [4.69, 9.17) is 4.74 Å². The van der Waals surface area contributed by atoms with Crippen LogP contribution in [0.3, 0.4) is 0 Å². The third-order valence-electron chi connectivity index (χ3n) is 4.75. The summed E-state index contributed by atoms with van der Waals surface area (Å²) in [6.07, 6.45) is 7.33. The third-order valence-corrected chi connectivity index (χ3v) is 4.75. The second-order valence-corrected chi connectivity index (χ2v) is 7.42. The second kappa shape index (κ2) is 13.3. The van der Waals surface area contributed by atoms with E-state index in [1.807, 2.05) is 19.4 Å². The largest absolute Gasteiger partial charge is 0.385 e. The van der Waals surface area contributed by atoms with E-state index in [9.17, 15) is 0 Å². The molecule has 0 spiro atoms. The number of imidazole rings is 1. The molecule has 1 saturated heterocycles. The van der Waals surface area contributed by atoms with Crippen molar-refractivity contribution in [2.75, 3.05) is 40.4 Å². The number of methoxy groups -OCH3 is 1. The van der Waals surface area contributed by atoms with Crippen LogP contribution >= 0.6 is 24.0 Å². The number of guanidine groups is 1. The number of nitrogens with one attached hydrogen (secondary N) is 2. The summed E-state index contributed by atoms with van der Waals surface area (Å²) < 4.78 is 7.35. The summed E-state index contributed by atoms with van der Waals surface area (Å²) in [4.78, 5) is 11.4. The summed E-state index contributed by atoms with van der Waals surface area (Å²) in [5.41, 5.74) is 0. The molecule has 0 aromatic carbocycles. The fourth-order valence-corrected chi connectivity index (χ4v) is 3.35. The molecule has 1 aliphatic rings. The summed E-state index contributed by atoms with van der Waals surface area (Å²) >= 11 is 0. The Morgan fingerprint density at radius 1 is 1.37 bits per heavy atom. The average Bonchev–Trinajstić information content (AvgIpc) is 3.06. The molecule has 0 aliphatic carbocycles. The van der Waals surface area contributed by atoms with E-state index in [1.165, 1.54) is 0 Å². The highest BCUT2D eigenvalue weighted by atomic mass is 127. The summed E-state index contributed by atoms with van der Waals surface area (Å²) in [7, 11) is 3.60. The van der Waals surface area contributed by atoms with Gasteiger partial charge in [0.25, 0.3) is 0 Å². The van der Waals surface area contributed by atoms with Crippen molar-refractivity contribution < 1.29 is 4.74 Å². The molecule has 1 aromatic rings. The Kier molecular flexibility index (Phi) is 11.9. The van der Waals surface area contributed by atoms with Crippen molar-refractivity contribution in [1.82, 2.24) is 25.1 Å². The Balaban J connectivity index is 0.00000364. The van der Waals surface area contributed by atoms with Crippen LogP contribution in [0.5, 0.6) is 0 Å². The van der Waals surface area contributed by atoms with E-state index in [-0.39, 0.29) is 24.0 Å². The van der Waals surface area contributed by atoms with Gasteiger partial charge in [0.05, 0.1) is 6.54 Å². The van der Waals surface area contributed by atoms with Crippen molar-refractivity contribution in [1.29, 1.82) is 0 Å². The van der Waals surface area contributed by atoms with Crippen LogP contribution in [-0.2, 0) is 17.8 Å². The van der Waals surface area contributed by atoms with E-state index in [2.05, 4.69) is 43.9 Å². The van der Waals surface area contributed by atoms with Crippen LogP contribution in [0.2, 0.25) is 0 Å². The zero-order valence-electron chi connectivity index (χ0n) is 17.3. The Labute approximate surface area is 181 Å². The minimum atomic E-state index is 0. The fraction of sp³-hybridized carbons (Fsp3) is 0.789. The van der Waals surface area contributed by atoms with Gasteiger partial charge in [-0.05, 0) is 25.2 Å². The van der Waals surface area contributed by atoms with Gasteiger partial charge < -0.3 is 24.8 Å². The van der Waals surface area contributed by atoms with Gasteiger partial charge in [-0.1, -0.05) is 13.8 Å². The zero-order valence-corrected chi connectivity index (χ0v) is 19.6. The molecule has 1 aliphatic heterocycles. The molecule has 0 saturated carbocycles. The highest BCUT2D eigenvalue weighted by Crippen LogP contribution is 2.10. The lowest BCUT2D eigenvalue weighted by Gasteiger charge is -2.33. The molecular weight excluding hydrogens is 455 g/mol. The zero-order chi connectivity index (χ0) is 18.8. The molecule has 156 valence electrons. The molecular formula is C19H37IN6O. The number of hydrogen-bond donors (Lipinski definition) is 2. The molecule has 2 rings (SSSR count). The Hall–Kier alpha value is -0.870. The van der Waals surface area contributed by atoms with Crippen molar-refractivity contribution in [3.05, 3.63) is 18.2 Å². The summed E-state index contributed by atoms with van der Waals surface area (Å²) in [6, 6.07) is 0.482. The van der Waals surface area contributed by atoms with Crippen molar-refractivity contribution >= 4 is 29.9 Å². The van der Waals surface area contributed by atoms with Crippen LogP contribution in [-0.4, -0.2) is 66.9 Å². The Morgan fingerprint density at radius 3 is 2.74 bits per heavy atom. The van der Waals surface area contributed by atoms with Gasteiger partial charge in [0.15, 0.2) is 5.96 Å². The number of ether oxygens (including phenoxy) is 1. The second-order valence-electron chi connectivity index (χ2n) is 7.42. The van der Waals surface area contributed by atoms with Gasteiger partial charge in [0, 0.05) is 65.4 Å². The van der Waals surface area contributed by atoms with Crippen LogP contribution in [0.15, 0.2) is 17.4 Å². The SMILES string of the molecule is CN=C(NCc1nccn1CC(C)C)NC1CCN(CCCOC)CC1.I. The quantitative estimate of drug-likeness (QED) is 0.240. The monoisotopic (exact) mass is 492 g/mol. The average molecular weight is 492 g/mol. The van der Waals surface area contributed by atoms with Gasteiger partial charge in [0.1, 0.15) is 5.82 Å². The Bertz CT molecular complexity index is 540. The van der Waals surface area contributed by atoms with Crippen molar-refractivity contribution in [3.63, 3.8) is 0 Å². The van der Waals surface area contributed by atoms with Crippen LogP contribution < -0.4 is 10.6 Å². The van der Waals surface area contributed by atoms with Gasteiger partial charge in [-0.25, -0.2) is 4.98 Å². The van der Waals surface area contributed by atoms with Crippen LogP contribution in [0, 0.1) is 5.92 Å². The van der Waals surface area contributed by atoms with E-state index in [0.717, 1.165) is 63.8 Å². The summed E-state index contributed by atoms with van der Waals surface area (Å²) in [6.45, 7) is 10.4. The molecule has 7 nitrogen and oxygen atoms in total. The molecule has 0 radical (unpaired) electrons. The number of piperidine rings is 1. The van der Waals surface area contributed by atoms with Crippen LogP contribution in [0.25, 0.3) is 0 Å². The minimum Gasteiger partial charge on any atom is -0.385 e. The van der Waals surface area contributed by atoms with Gasteiger partial charge >= 0.3 is 0 Å². The van der Waals surface area contributed by atoms with Gasteiger partial charge in [0.2, 0.25) is 0 Å². The first kappa shape index (κ1) is 24.2. The molecule has 2 N–H and O–H groups in total. The van der Waals surface area contributed by atoms with E-state index < -0.39 is 0 Å². The lowest BCUT2D eigenvalue weighted by Crippen LogP contribution is -2.48. The molecule has 0 amide bonds. The van der Waals surface area contributed by atoms with Crippen LogP contribution in [0.1, 0.15) is 38.9 Å². The number of halogens is 1. The first-order valence-corrected chi connectivity index (χ1v) is 9.80. The Morgan fingerprint density at radius 2 is 2.11 bits per heavy atom. The number of nitrogens with zero attached hydrogens (tertiary/aromatic N) is 4. The number of aliphatic imine (C=N–C) groups is 1. The fourth-order valence-electron chi connectivity index (χ4n) is 3.35. The van der Waals surface area contributed by atoms with Crippen molar-refractivity contribution in [3.8, 4) is 0 Å². The number of rotatable bonds is 9. The number of hydrogen-bond acceptors (Lipinski definition) is 4. The highest BCUT2D eigenvalue weighted by Gasteiger charge is 2.19. The van der Waals surface area contributed by atoms with E-state index in [0.29, 0.717) is 18.5 Å². The van der Waals surface area contributed by atoms with E-state index >= 15 is 0 Å². The predicted molar refractivity (Wildman–Crippen MR) is 122 cm³/mol. The smallest absolute Gasteiger partial charge is 0.191 e. The predicted octanol–water partition coefficient (Wildman–Crippen LogP) is 2.32. The topological polar surface area (TPSA) is 66.7 Å². The van der Waals surface area contributed by atoms with Gasteiger partial charge in [-0.15, -0.1) is 24.0 Å². The minimum absolute atomic E-state index is 0. The number of aromatic nitrogens is 2. The molecule has 0 bridgehead atoms. The number of likely N-dealkylation sites (tertiary alicyclic amines) is 1. The molecule has 1 aromatic heterocycles. The van der Waals surface area contributed by atoms with Gasteiger partial charge in [-0.3, -0.25) is 4.99 Å². The summed E-state index contributed by atoms with van der Waals surface area (Å²) in [5.74, 6) is 2.52. The normalized spacial score (nSPS) is 16.4. The van der Waals surface area contributed by atoms with Gasteiger partial charge in [-0.2, -0.15) is 0 Å². The maximum Gasteiger partial charge on any atom is 0.191 e. The third kappa shape index (κ3) is 8.78. The first-order valence-electron chi connectivity index (χ1n) is 9.80. The van der Waals surface area contributed by atoms with Crippen molar-refractivity contribution in [2.45, 2.75) is 52.2 Å². The molecule has 0 atom stereocenters. The molecule has 27 heavy (non-hydrogen) atoms. The maximum absolute atomic E-state index is 5.14. The first-order chi connectivity index (χ1) is 12.6. The highest BCUT2D eigenvalue weighted by molar-refractivity contribution is 14.0. The molecule has 1 fully saturated rings. The van der Waals surface area contributed by atoms with E-state index in [1.54, 1.807) is 7.11 Å². The summed E-state index contributed by atoms with van der Waals surface area (Å²) in [5, 5.41) is 6.98.